The minimum Gasteiger partial charge on any atom is -0.493 e. The Morgan fingerprint density at radius 2 is 2.00 bits per heavy atom. The number of hydrogen-bond donors (Lipinski definition) is 0. The van der Waals surface area contributed by atoms with Crippen molar-refractivity contribution in [3.8, 4) is 11.5 Å². The lowest BCUT2D eigenvalue weighted by molar-refractivity contribution is -0.137. The number of nitrogens with zero attached hydrogens (tertiary/aromatic N) is 1. The largest absolute Gasteiger partial charge is 0.493 e. The number of carbonyl (C=O) groups excluding carboxylic acids is 1. The molecule has 0 bridgehead atoms. The van der Waals surface area contributed by atoms with Crippen molar-refractivity contribution in [3.63, 3.8) is 0 Å². The molecule has 0 saturated carbocycles. The summed E-state index contributed by atoms with van der Waals surface area (Å²) < 4.78 is 17.2. The Bertz CT molecular complexity index is 835. The molecule has 2 atom stereocenters. The van der Waals surface area contributed by atoms with Gasteiger partial charge in [-0.1, -0.05) is 36.4 Å². The van der Waals surface area contributed by atoms with Crippen LogP contribution in [0.4, 0.5) is 0 Å². The Kier molecular flexibility index (Phi) is 5.03. The van der Waals surface area contributed by atoms with E-state index in [9.17, 15) is 4.79 Å². The summed E-state index contributed by atoms with van der Waals surface area (Å²) in [5.74, 6) is 1.39. The predicted octanol–water partition coefficient (Wildman–Crippen LogP) is 3.02. The van der Waals surface area contributed by atoms with Crippen LogP contribution in [0, 0.1) is 5.92 Å². The average molecular weight is 367 g/mol. The Hall–Kier alpha value is -2.53. The zero-order valence-corrected chi connectivity index (χ0v) is 15.8. The number of carbonyl (C=O) groups is 1. The number of fused-ring (bicyclic) bond motifs is 2. The van der Waals surface area contributed by atoms with Crippen molar-refractivity contribution in [2.24, 2.45) is 5.92 Å². The van der Waals surface area contributed by atoms with Gasteiger partial charge in [-0.25, -0.2) is 0 Å². The molecule has 5 nitrogen and oxygen atoms in total. The molecule has 2 aliphatic heterocycles. The molecule has 0 radical (unpaired) electrons. The van der Waals surface area contributed by atoms with Gasteiger partial charge >= 0.3 is 0 Å². The smallest absolute Gasteiger partial charge is 0.229 e. The molecule has 4 rings (SSSR count). The van der Waals surface area contributed by atoms with Crippen LogP contribution in [-0.4, -0.2) is 44.7 Å². The van der Waals surface area contributed by atoms with Gasteiger partial charge in [0.2, 0.25) is 5.91 Å². The normalized spacial score (nSPS) is 20.8. The van der Waals surface area contributed by atoms with Crippen molar-refractivity contribution < 1.29 is 19.0 Å². The predicted molar refractivity (Wildman–Crippen MR) is 102 cm³/mol. The number of para-hydroxylation sites is 1. The van der Waals surface area contributed by atoms with E-state index in [2.05, 4.69) is 18.2 Å². The number of amides is 1. The van der Waals surface area contributed by atoms with Crippen molar-refractivity contribution in [2.75, 3.05) is 33.9 Å². The average Bonchev–Trinajstić information content (AvgIpc) is 2.72. The third kappa shape index (κ3) is 3.52. The summed E-state index contributed by atoms with van der Waals surface area (Å²) in [6.45, 7) is 1.62. The lowest BCUT2D eigenvalue weighted by Gasteiger charge is -2.32. The monoisotopic (exact) mass is 367 g/mol. The van der Waals surface area contributed by atoms with E-state index < -0.39 is 0 Å². The second-order valence-corrected chi connectivity index (χ2v) is 7.19. The van der Waals surface area contributed by atoms with Crippen LogP contribution >= 0.6 is 0 Å². The molecule has 0 aliphatic carbocycles. The van der Waals surface area contributed by atoms with E-state index in [4.69, 9.17) is 14.2 Å². The summed E-state index contributed by atoms with van der Waals surface area (Å²) in [6.07, 6.45) is 1.53. The van der Waals surface area contributed by atoms with E-state index >= 15 is 0 Å². The Labute approximate surface area is 159 Å². The summed E-state index contributed by atoms with van der Waals surface area (Å²) >= 11 is 0. The maximum absolute atomic E-state index is 13.0. The van der Waals surface area contributed by atoms with Crippen molar-refractivity contribution in [1.29, 1.82) is 0 Å². The van der Waals surface area contributed by atoms with Gasteiger partial charge in [0, 0.05) is 7.05 Å². The zero-order valence-electron chi connectivity index (χ0n) is 15.8. The van der Waals surface area contributed by atoms with Crippen molar-refractivity contribution in [1.82, 2.24) is 4.90 Å². The van der Waals surface area contributed by atoms with Gasteiger partial charge in [0.05, 0.1) is 26.2 Å². The van der Waals surface area contributed by atoms with Gasteiger partial charge in [-0.15, -0.1) is 0 Å². The van der Waals surface area contributed by atoms with Gasteiger partial charge in [-0.2, -0.15) is 0 Å². The maximum atomic E-state index is 13.0. The van der Waals surface area contributed by atoms with Gasteiger partial charge in [0.1, 0.15) is 12.7 Å². The molecule has 0 saturated heterocycles. The molecule has 2 aliphatic rings. The third-order valence-electron chi connectivity index (χ3n) is 5.43. The van der Waals surface area contributed by atoms with Crippen LogP contribution in [-0.2, 0) is 22.4 Å². The molecule has 27 heavy (non-hydrogen) atoms. The molecule has 1 amide bonds. The van der Waals surface area contributed by atoms with Gasteiger partial charge < -0.3 is 19.1 Å². The fraction of sp³-hybridized carbons (Fsp3) is 0.409. The summed E-state index contributed by atoms with van der Waals surface area (Å²) in [5, 5.41) is 0. The summed E-state index contributed by atoms with van der Waals surface area (Å²) in [6, 6.07) is 14.1. The first-order valence-electron chi connectivity index (χ1n) is 9.40. The zero-order chi connectivity index (χ0) is 18.8. The minimum absolute atomic E-state index is 0.0687. The van der Waals surface area contributed by atoms with E-state index in [1.54, 1.807) is 12.0 Å². The molecule has 5 heteroatoms. The quantitative estimate of drug-likeness (QED) is 0.833. The Morgan fingerprint density at radius 1 is 1.19 bits per heavy atom. The first-order chi connectivity index (χ1) is 13.2. The lowest BCUT2D eigenvalue weighted by Crippen LogP contribution is -2.41. The molecular formula is C22H25NO4. The maximum Gasteiger partial charge on any atom is 0.229 e. The van der Waals surface area contributed by atoms with Crippen molar-refractivity contribution in [3.05, 3.63) is 59.2 Å². The van der Waals surface area contributed by atoms with Gasteiger partial charge in [-0.05, 0) is 35.6 Å². The van der Waals surface area contributed by atoms with Crippen LogP contribution in [0.1, 0.15) is 22.8 Å². The molecule has 0 aromatic heterocycles. The molecular weight excluding hydrogens is 342 g/mol. The standard InChI is InChI=1S/C22H25NO4/c1-23(13-20-18-8-4-3-6-15(18)10-11-26-20)22(24)17-12-16-7-5-9-19(25-2)21(16)27-14-17/h3-9,17,20H,10-14H2,1-2H3/t17-,20+/m1/s1. The number of hydrogen-bond acceptors (Lipinski definition) is 4. The van der Waals surface area contributed by atoms with Crippen LogP contribution in [0.5, 0.6) is 11.5 Å². The molecule has 2 aromatic carbocycles. The van der Waals surface area contributed by atoms with Crippen LogP contribution in [0.3, 0.4) is 0 Å². The highest BCUT2D eigenvalue weighted by Gasteiger charge is 2.31. The van der Waals surface area contributed by atoms with E-state index in [0.29, 0.717) is 26.2 Å². The van der Waals surface area contributed by atoms with E-state index in [1.807, 2.05) is 31.3 Å². The first kappa shape index (κ1) is 17.9. The number of methoxy groups -OCH3 is 1. The van der Waals surface area contributed by atoms with Crippen molar-refractivity contribution in [2.45, 2.75) is 18.9 Å². The highest BCUT2D eigenvalue weighted by Crippen LogP contribution is 2.36. The molecule has 2 heterocycles. The molecule has 0 N–H and O–H groups in total. The fourth-order valence-electron chi connectivity index (χ4n) is 3.99. The number of rotatable bonds is 4. The third-order valence-corrected chi connectivity index (χ3v) is 5.43. The van der Waals surface area contributed by atoms with E-state index in [-0.39, 0.29) is 17.9 Å². The van der Waals surface area contributed by atoms with E-state index in [0.717, 1.165) is 23.5 Å². The molecule has 0 fully saturated rings. The van der Waals surface area contributed by atoms with Crippen LogP contribution in [0.2, 0.25) is 0 Å². The number of likely N-dealkylation sites (N-methyl/N-ethyl adjacent to an activating group) is 1. The van der Waals surface area contributed by atoms with Gasteiger partial charge in [-0.3, -0.25) is 4.79 Å². The van der Waals surface area contributed by atoms with Crippen molar-refractivity contribution >= 4 is 5.91 Å². The summed E-state index contributed by atoms with van der Waals surface area (Å²) in [7, 11) is 3.48. The van der Waals surface area contributed by atoms with Gasteiger partial charge in [0.25, 0.3) is 0 Å². The highest BCUT2D eigenvalue weighted by atomic mass is 16.5. The molecule has 0 unspecified atom stereocenters. The Balaban J connectivity index is 1.44. The highest BCUT2D eigenvalue weighted by molar-refractivity contribution is 5.79. The first-order valence-corrected chi connectivity index (χ1v) is 9.40. The van der Waals surface area contributed by atoms with Gasteiger partial charge in [0.15, 0.2) is 11.5 Å². The molecule has 0 spiro atoms. The second kappa shape index (κ2) is 7.61. The summed E-state index contributed by atoms with van der Waals surface area (Å²) in [5.41, 5.74) is 3.53. The number of benzene rings is 2. The van der Waals surface area contributed by atoms with Crippen LogP contribution in [0.25, 0.3) is 0 Å². The Morgan fingerprint density at radius 3 is 2.85 bits per heavy atom. The van der Waals surface area contributed by atoms with E-state index in [1.165, 1.54) is 11.1 Å². The topological polar surface area (TPSA) is 48.0 Å². The summed E-state index contributed by atoms with van der Waals surface area (Å²) in [4.78, 5) is 14.8. The minimum atomic E-state index is -0.187. The SMILES string of the molecule is COc1cccc2c1OC[C@H](C(=O)N(C)C[C@@H]1OCCc3ccccc31)C2. The van der Waals surface area contributed by atoms with Crippen LogP contribution in [0.15, 0.2) is 42.5 Å². The fourth-order valence-corrected chi connectivity index (χ4v) is 3.99. The molecule has 2 aromatic rings. The second-order valence-electron chi connectivity index (χ2n) is 7.19. The molecule has 142 valence electrons. The lowest BCUT2D eigenvalue weighted by atomic mass is 9.94. The van der Waals surface area contributed by atoms with Crippen LogP contribution < -0.4 is 9.47 Å². The number of ether oxygens (including phenoxy) is 3.